The monoisotopic (exact) mass is 117 g/mol. The topological polar surface area (TPSA) is 58.7 Å². The van der Waals surface area contributed by atoms with Crippen LogP contribution in [-0.4, -0.2) is 24.6 Å². The molecule has 0 aromatic heterocycles. The van der Waals surface area contributed by atoms with Crippen molar-refractivity contribution in [2.75, 3.05) is 19.6 Å². The summed E-state index contributed by atoms with van der Waals surface area (Å²) in [4.78, 5) is 9.75. The van der Waals surface area contributed by atoms with Gasteiger partial charge in [0.2, 0.25) is 0 Å². The fraction of sp³-hybridized carbons (Fsp3) is 1.00. The summed E-state index contributed by atoms with van der Waals surface area (Å²) in [6, 6.07) is 0. The summed E-state index contributed by atoms with van der Waals surface area (Å²) in [6.45, 7) is 3.54. The molecule has 4 heteroatoms. The minimum Gasteiger partial charge on any atom is -0.329 e. The van der Waals surface area contributed by atoms with E-state index in [1.165, 1.54) is 5.01 Å². The first-order valence-corrected chi connectivity index (χ1v) is 2.63. The maximum atomic E-state index is 9.75. The van der Waals surface area contributed by atoms with E-state index in [9.17, 15) is 4.91 Å². The minimum atomic E-state index is 0.486. The predicted molar refractivity (Wildman–Crippen MR) is 32.1 cm³/mol. The normalized spacial score (nSPS) is 8.75. The van der Waals surface area contributed by atoms with Crippen molar-refractivity contribution in [1.29, 1.82) is 0 Å². The van der Waals surface area contributed by atoms with Gasteiger partial charge in [-0.3, -0.25) is 5.01 Å². The molecule has 0 radical (unpaired) electrons. The molecule has 0 heterocycles. The van der Waals surface area contributed by atoms with Gasteiger partial charge in [0.25, 0.3) is 0 Å². The third-order valence-corrected chi connectivity index (χ3v) is 0.868. The molecule has 0 atom stereocenters. The van der Waals surface area contributed by atoms with Gasteiger partial charge in [0.1, 0.15) is 0 Å². The van der Waals surface area contributed by atoms with Gasteiger partial charge in [-0.2, -0.15) is 0 Å². The molecule has 0 aliphatic rings. The molecule has 4 nitrogen and oxygen atoms in total. The lowest BCUT2D eigenvalue weighted by atomic mass is 10.6. The molecule has 0 unspecified atom stereocenters. The Balaban J connectivity index is 3.21. The third-order valence-electron chi connectivity index (χ3n) is 0.868. The number of nitrogens with zero attached hydrogens (tertiary/aromatic N) is 2. The largest absolute Gasteiger partial charge is 0.329 e. The molecule has 0 rings (SSSR count). The van der Waals surface area contributed by atoms with E-state index in [4.69, 9.17) is 5.73 Å². The Hall–Kier alpha value is -0.640. The van der Waals surface area contributed by atoms with Crippen molar-refractivity contribution in [3.63, 3.8) is 0 Å². The summed E-state index contributed by atoms with van der Waals surface area (Å²) >= 11 is 0. The van der Waals surface area contributed by atoms with E-state index in [2.05, 4.69) is 5.29 Å². The van der Waals surface area contributed by atoms with Gasteiger partial charge in [-0.25, -0.2) is 0 Å². The van der Waals surface area contributed by atoms with Gasteiger partial charge in [0, 0.05) is 13.1 Å². The molecule has 8 heavy (non-hydrogen) atoms. The van der Waals surface area contributed by atoms with Gasteiger partial charge in [-0.15, -0.1) is 4.91 Å². The second-order valence-electron chi connectivity index (χ2n) is 1.42. The number of rotatable bonds is 4. The highest BCUT2D eigenvalue weighted by atomic mass is 16.3. The van der Waals surface area contributed by atoms with Crippen LogP contribution in [0.1, 0.15) is 6.92 Å². The van der Waals surface area contributed by atoms with Gasteiger partial charge in [0.15, 0.2) is 0 Å². The Labute approximate surface area is 48.6 Å². The molecule has 0 aliphatic heterocycles. The van der Waals surface area contributed by atoms with Crippen molar-refractivity contribution in [3.8, 4) is 0 Å². The van der Waals surface area contributed by atoms with Crippen molar-refractivity contribution < 1.29 is 0 Å². The van der Waals surface area contributed by atoms with Crippen LogP contribution in [0.2, 0.25) is 0 Å². The smallest absolute Gasteiger partial charge is 0.0524 e. The predicted octanol–water partition coefficient (Wildman–Crippen LogP) is -0.0516. The summed E-state index contributed by atoms with van der Waals surface area (Å²) in [5.74, 6) is 0. The number of hydrogen-bond acceptors (Lipinski definition) is 3. The highest BCUT2D eigenvalue weighted by Crippen LogP contribution is 1.82. The quantitative estimate of drug-likeness (QED) is 0.415. The summed E-state index contributed by atoms with van der Waals surface area (Å²) < 4.78 is 0. The van der Waals surface area contributed by atoms with Crippen LogP contribution in [0.5, 0.6) is 0 Å². The molecule has 0 aromatic carbocycles. The highest BCUT2D eigenvalue weighted by molar-refractivity contribution is 4.45. The van der Waals surface area contributed by atoms with Crippen molar-refractivity contribution in [2.24, 2.45) is 11.0 Å². The lowest BCUT2D eigenvalue weighted by molar-refractivity contribution is 0.308. The zero-order chi connectivity index (χ0) is 6.41. The second-order valence-corrected chi connectivity index (χ2v) is 1.42. The van der Waals surface area contributed by atoms with Crippen LogP contribution in [0.3, 0.4) is 0 Å². The molecule has 0 spiro atoms. The fourth-order valence-corrected chi connectivity index (χ4v) is 0.406. The fourth-order valence-electron chi connectivity index (χ4n) is 0.406. The van der Waals surface area contributed by atoms with E-state index >= 15 is 0 Å². The molecule has 0 saturated carbocycles. The lowest BCUT2D eigenvalue weighted by Crippen LogP contribution is -2.23. The molecule has 0 aromatic rings. The second kappa shape index (κ2) is 4.52. The first-order chi connectivity index (χ1) is 3.85. The summed E-state index contributed by atoms with van der Waals surface area (Å²) in [7, 11) is 0. The van der Waals surface area contributed by atoms with E-state index in [1.807, 2.05) is 6.92 Å². The van der Waals surface area contributed by atoms with E-state index in [-0.39, 0.29) is 0 Å². The molecule has 0 bridgehead atoms. The molecule has 0 aliphatic carbocycles. The Bertz CT molecular complexity index is 66.3. The summed E-state index contributed by atoms with van der Waals surface area (Å²) in [6.07, 6.45) is 0. The molecule has 2 N–H and O–H groups in total. The van der Waals surface area contributed by atoms with Crippen LogP contribution < -0.4 is 5.73 Å². The van der Waals surface area contributed by atoms with Gasteiger partial charge in [-0.1, -0.05) is 0 Å². The van der Waals surface area contributed by atoms with Gasteiger partial charge < -0.3 is 5.73 Å². The summed E-state index contributed by atoms with van der Waals surface area (Å²) in [5.41, 5.74) is 5.14. The molecule has 0 fully saturated rings. The number of nitroso groups, excluding NO2 is 1. The van der Waals surface area contributed by atoms with Crippen LogP contribution in [0.25, 0.3) is 0 Å². The van der Waals surface area contributed by atoms with Crippen molar-refractivity contribution in [3.05, 3.63) is 4.91 Å². The standard InChI is InChI=1S/C4H11N3O/c1-2-7(6-8)4-3-5/h2-5H2,1H3. The van der Waals surface area contributed by atoms with Crippen LogP contribution in [0.15, 0.2) is 5.29 Å². The number of hydrogen-bond donors (Lipinski definition) is 1. The van der Waals surface area contributed by atoms with Crippen LogP contribution >= 0.6 is 0 Å². The Kier molecular flexibility index (Phi) is 4.16. The molecular weight excluding hydrogens is 106 g/mol. The van der Waals surface area contributed by atoms with Crippen molar-refractivity contribution in [2.45, 2.75) is 6.92 Å². The molecule has 48 valence electrons. The van der Waals surface area contributed by atoms with Crippen molar-refractivity contribution in [1.82, 2.24) is 5.01 Å². The van der Waals surface area contributed by atoms with E-state index < -0.39 is 0 Å². The first kappa shape index (κ1) is 7.36. The third kappa shape index (κ3) is 2.52. The maximum absolute atomic E-state index is 9.75. The van der Waals surface area contributed by atoms with Crippen LogP contribution in [-0.2, 0) is 0 Å². The summed E-state index contributed by atoms with van der Waals surface area (Å²) in [5, 5.41) is 4.07. The van der Waals surface area contributed by atoms with E-state index in [1.54, 1.807) is 0 Å². The Morgan fingerprint density at radius 3 is 2.50 bits per heavy atom. The Morgan fingerprint density at radius 2 is 2.38 bits per heavy atom. The number of likely N-dealkylation sites (N-methyl/N-ethyl adjacent to an activating group) is 1. The van der Waals surface area contributed by atoms with Gasteiger partial charge in [0.05, 0.1) is 11.8 Å². The SMILES string of the molecule is CCN(CCN)N=O. The molecule has 0 saturated heterocycles. The van der Waals surface area contributed by atoms with Crippen LogP contribution in [0, 0.1) is 4.91 Å². The lowest BCUT2D eigenvalue weighted by Gasteiger charge is -2.08. The number of nitrogens with two attached hydrogens (primary N) is 1. The highest BCUT2D eigenvalue weighted by Gasteiger charge is 1.93. The minimum absolute atomic E-state index is 0.486. The first-order valence-electron chi connectivity index (χ1n) is 2.63. The maximum Gasteiger partial charge on any atom is 0.0524 e. The average Bonchev–Trinajstić information content (AvgIpc) is 1.83. The van der Waals surface area contributed by atoms with Gasteiger partial charge >= 0.3 is 0 Å². The van der Waals surface area contributed by atoms with E-state index in [0.717, 1.165) is 0 Å². The zero-order valence-electron chi connectivity index (χ0n) is 5.00. The van der Waals surface area contributed by atoms with Gasteiger partial charge in [-0.05, 0) is 6.92 Å². The molecular formula is C4H11N3O. The Morgan fingerprint density at radius 1 is 1.75 bits per heavy atom. The van der Waals surface area contributed by atoms with E-state index in [0.29, 0.717) is 19.6 Å². The van der Waals surface area contributed by atoms with Crippen molar-refractivity contribution >= 4 is 0 Å². The van der Waals surface area contributed by atoms with Crippen LogP contribution in [0.4, 0.5) is 0 Å². The average molecular weight is 117 g/mol. The molecule has 0 amide bonds. The zero-order valence-corrected chi connectivity index (χ0v) is 5.00.